The minimum absolute atomic E-state index is 0. The zero-order chi connectivity index (χ0) is 17.7. The van der Waals surface area contributed by atoms with Crippen LogP contribution in [0, 0.1) is 11.8 Å². The predicted octanol–water partition coefficient (Wildman–Crippen LogP) is 1.03. The lowest BCUT2D eigenvalue weighted by atomic mass is 9.88. The van der Waals surface area contributed by atoms with Crippen molar-refractivity contribution in [3.05, 3.63) is 0 Å². The average Bonchev–Trinajstić information content (AvgIpc) is 2.97. The summed E-state index contributed by atoms with van der Waals surface area (Å²) in [6.07, 6.45) is 2.01. The van der Waals surface area contributed by atoms with E-state index in [0.29, 0.717) is 6.54 Å². The summed E-state index contributed by atoms with van der Waals surface area (Å²) in [7, 11) is 7.50. The third kappa shape index (κ3) is 5.19. The Morgan fingerprint density at radius 3 is 2.52 bits per heavy atom. The Balaban J connectivity index is 0.00000312. The van der Waals surface area contributed by atoms with E-state index in [4.69, 9.17) is 9.47 Å². The van der Waals surface area contributed by atoms with E-state index in [1.54, 1.807) is 7.05 Å². The number of halogens is 1. The minimum atomic E-state index is -0.130. The number of likely N-dealkylation sites (tertiary alicyclic amines) is 1. The molecule has 0 bridgehead atoms. The first kappa shape index (κ1) is 22.4. The fourth-order valence-corrected chi connectivity index (χ4v) is 3.71. The number of carbonyl (C=O) groups excluding carboxylic acids is 1. The number of aliphatic imine (C=N–C) groups is 1. The van der Waals surface area contributed by atoms with Crippen molar-refractivity contribution in [3.63, 3.8) is 0 Å². The second-order valence-electron chi connectivity index (χ2n) is 7.14. The SMILES string of the molecule is CN=C(NCC1(N(C)C)CCOCC1)N1CC(C)C(C(=O)OC)C1.I. The fraction of sp³-hybridized carbons (Fsp3) is 0.882. The van der Waals surface area contributed by atoms with Gasteiger partial charge < -0.3 is 24.6 Å². The van der Waals surface area contributed by atoms with Crippen LogP contribution in [0.2, 0.25) is 0 Å². The lowest BCUT2D eigenvalue weighted by Gasteiger charge is -2.43. The number of rotatable bonds is 4. The van der Waals surface area contributed by atoms with Gasteiger partial charge in [-0.05, 0) is 32.9 Å². The maximum atomic E-state index is 11.9. The molecular formula is C17H33IN4O3. The highest BCUT2D eigenvalue weighted by atomic mass is 127. The van der Waals surface area contributed by atoms with Gasteiger partial charge in [-0.2, -0.15) is 0 Å². The quantitative estimate of drug-likeness (QED) is 0.288. The molecule has 2 aliphatic rings. The molecule has 2 rings (SSSR count). The van der Waals surface area contributed by atoms with Crippen LogP contribution in [-0.4, -0.2) is 88.4 Å². The van der Waals surface area contributed by atoms with Crippen molar-refractivity contribution in [2.24, 2.45) is 16.8 Å². The Kier molecular flexibility index (Phi) is 8.90. The van der Waals surface area contributed by atoms with Crippen LogP contribution in [0.3, 0.4) is 0 Å². The number of hydrogen-bond donors (Lipinski definition) is 1. The molecule has 1 N–H and O–H groups in total. The first-order valence-corrected chi connectivity index (χ1v) is 8.72. The van der Waals surface area contributed by atoms with Gasteiger partial charge in [-0.3, -0.25) is 9.79 Å². The average molecular weight is 468 g/mol. The Hall–Kier alpha value is -0.610. The Labute approximate surface area is 168 Å². The van der Waals surface area contributed by atoms with Gasteiger partial charge in [-0.25, -0.2) is 0 Å². The van der Waals surface area contributed by atoms with Crippen LogP contribution in [0.25, 0.3) is 0 Å². The molecule has 7 nitrogen and oxygen atoms in total. The van der Waals surface area contributed by atoms with Crippen LogP contribution >= 0.6 is 24.0 Å². The summed E-state index contributed by atoms with van der Waals surface area (Å²) in [4.78, 5) is 20.8. The van der Waals surface area contributed by atoms with Crippen molar-refractivity contribution < 1.29 is 14.3 Å². The zero-order valence-electron chi connectivity index (χ0n) is 16.1. The normalized spacial score (nSPS) is 26.3. The summed E-state index contributed by atoms with van der Waals surface area (Å²) in [5.41, 5.74) is 0.0846. The highest BCUT2D eigenvalue weighted by molar-refractivity contribution is 14.0. The maximum Gasteiger partial charge on any atom is 0.310 e. The number of ether oxygens (including phenoxy) is 2. The number of carbonyl (C=O) groups is 1. The molecule has 0 spiro atoms. The summed E-state index contributed by atoms with van der Waals surface area (Å²) in [5, 5.41) is 3.53. The first-order chi connectivity index (χ1) is 11.4. The molecule has 0 aromatic rings. The van der Waals surface area contributed by atoms with Gasteiger partial charge >= 0.3 is 5.97 Å². The topological polar surface area (TPSA) is 66.4 Å². The summed E-state index contributed by atoms with van der Waals surface area (Å²) >= 11 is 0. The molecule has 2 saturated heterocycles. The highest BCUT2D eigenvalue weighted by Crippen LogP contribution is 2.26. The number of methoxy groups -OCH3 is 1. The van der Waals surface area contributed by atoms with Crippen molar-refractivity contribution >= 4 is 35.9 Å². The third-order valence-corrected chi connectivity index (χ3v) is 5.58. The molecule has 2 atom stereocenters. The standard InChI is InChI=1S/C17H32N4O3.HI/c1-13-10-21(11-14(13)15(22)23-5)16(18-2)19-12-17(20(3)4)6-8-24-9-7-17;/h13-14H,6-12H2,1-5H3,(H,18,19);1H. The smallest absolute Gasteiger partial charge is 0.310 e. The first-order valence-electron chi connectivity index (χ1n) is 8.72. The highest BCUT2D eigenvalue weighted by Gasteiger charge is 2.39. The minimum Gasteiger partial charge on any atom is -0.469 e. The van der Waals surface area contributed by atoms with Gasteiger partial charge in [0.2, 0.25) is 0 Å². The van der Waals surface area contributed by atoms with Gasteiger partial charge in [0.05, 0.1) is 13.0 Å². The number of likely N-dealkylation sites (N-methyl/N-ethyl adjacent to an activating group) is 1. The number of nitrogens with one attached hydrogen (secondary N) is 1. The molecule has 0 amide bonds. The van der Waals surface area contributed by atoms with E-state index in [9.17, 15) is 4.79 Å². The molecule has 8 heteroatoms. The van der Waals surface area contributed by atoms with Crippen molar-refractivity contribution in [2.45, 2.75) is 25.3 Å². The molecule has 2 fully saturated rings. The van der Waals surface area contributed by atoms with E-state index in [1.165, 1.54) is 7.11 Å². The van der Waals surface area contributed by atoms with E-state index >= 15 is 0 Å². The number of guanidine groups is 1. The summed E-state index contributed by atoms with van der Waals surface area (Å²) in [6.45, 7) is 5.98. The number of esters is 1. The molecule has 0 aromatic heterocycles. The maximum absolute atomic E-state index is 11.9. The zero-order valence-corrected chi connectivity index (χ0v) is 18.4. The molecule has 2 unspecified atom stereocenters. The molecule has 25 heavy (non-hydrogen) atoms. The fourth-order valence-electron chi connectivity index (χ4n) is 3.71. The van der Waals surface area contributed by atoms with E-state index in [0.717, 1.165) is 45.1 Å². The van der Waals surface area contributed by atoms with E-state index in [1.807, 2.05) is 0 Å². The van der Waals surface area contributed by atoms with Gasteiger partial charge in [0.25, 0.3) is 0 Å². The number of nitrogens with zero attached hydrogens (tertiary/aromatic N) is 3. The largest absolute Gasteiger partial charge is 0.469 e. The molecule has 2 heterocycles. The van der Waals surface area contributed by atoms with Gasteiger partial charge in [0.1, 0.15) is 0 Å². The van der Waals surface area contributed by atoms with Crippen molar-refractivity contribution in [1.29, 1.82) is 0 Å². The predicted molar refractivity (Wildman–Crippen MR) is 109 cm³/mol. The second kappa shape index (κ2) is 9.91. The molecule has 0 radical (unpaired) electrons. The van der Waals surface area contributed by atoms with E-state index < -0.39 is 0 Å². The Bertz CT molecular complexity index is 467. The van der Waals surface area contributed by atoms with Crippen molar-refractivity contribution in [3.8, 4) is 0 Å². The lowest BCUT2D eigenvalue weighted by Crippen LogP contribution is -2.57. The Morgan fingerprint density at radius 2 is 2.00 bits per heavy atom. The molecule has 0 aliphatic carbocycles. The van der Waals surface area contributed by atoms with E-state index in [-0.39, 0.29) is 47.3 Å². The van der Waals surface area contributed by atoms with Crippen LogP contribution in [0.1, 0.15) is 19.8 Å². The Morgan fingerprint density at radius 1 is 1.36 bits per heavy atom. The summed E-state index contributed by atoms with van der Waals surface area (Å²) in [5.74, 6) is 0.914. The van der Waals surface area contributed by atoms with E-state index in [2.05, 4.69) is 41.1 Å². The molecule has 146 valence electrons. The van der Waals surface area contributed by atoms with Crippen LogP contribution in [0.15, 0.2) is 4.99 Å². The second-order valence-corrected chi connectivity index (χ2v) is 7.14. The molecule has 0 saturated carbocycles. The molecular weight excluding hydrogens is 435 g/mol. The lowest BCUT2D eigenvalue weighted by molar-refractivity contribution is -0.145. The monoisotopic (exact) mass is 468 g/mol. The summed E-state index contributed by atoms with van der Waals surface area (Å²) in [6, 6.07) is 0. The van der Waals surface area contributed by atoms with Gasteiger partial charge in [0.15, 0.2) is 5.96 Å². The van der Waals surface area contributed by atoms with Gasteiger partial charge in [-0.1, -0.05) is 6.92 Å². The third-order valence-electron chi connectivity index (χ3n) is 5.58. The molecule has 0 aromatic carbocycles. The summed E-state index contributed by atoms with van der Waals surface area (Å²) < 4.78 is 10.5. The van der Waals surface area contributed by atoms with Gasteiger partial charge in [-0.15, -0.1) is 24.0 Å². The molecule has 2 aliphatic heterocycles. The van der Waals surface area contributed by atoms with Crippen LogP contribution in [-0.2, 0) is 14.3 Å². The van der Waals surface area contributed by atoms with Crippen LogP contribution in [0.4, 0.5) is 0 Å². The number of hydrogen-bond acceptors (Lipinski definition) is 5. The van der Waals surface area contributed by atoms with Crippen LogP contribution < -0.4 is 5.32 Å². The van der Waals surface area contributed by atoms with Gasteiger partial charge in [0, 0.05) is 45.4 Å². The van der Waals surface area contributed by atoms with Crippen molar-refractivity contribution in [2.75, 3.05) is 61.1 Å². The van der Waals surface area contributed by atoms with Crippen molar-refractivity contribution in [1.82, 2.24) is 15.1 Å². The van der Waals surface area contributed by atoms with Crippen LogP contribution in [0.5, 0.6) is 0 Å².